The highest BCUT2D eigenvalue weighted by Crippen LogP contribution is 2.47. The number of aromatic amines is 1. The molecule has 0 aliphatic carbocycles. The minimum atomic E-state index is -1.35. The number of carbonyl (C=O) groups is 2. The number of cyclic esters (lactones) is 1. The number of esters is 1. The first kappa shape index (κ1) is 24.3. The molecule has 1 aliphatic rings. The van der Waals surface area contributed by atoms with Crippen LogP contribution in [0.1, 0.15) is 42.1 Å². The Balaban J connectivity index is 1.73. The summed E-state index contributed by atoms with van der Waals surface area (Å²) >= 11 is 0. The van der Waals surface area contributed by atoms with Crippen LogP contribution in [0.15, 0.2) is 90.2 Å². The number of carbonyl (C=O) groups excluding carboxylic acids is 2. The van der Waals surface area contributed by atoms with Crippen LogP contribution < -0.4 is 5.32 Å². The Hall–Kier alpha value is -4.39. The summed E-state index contributed by atoms with van der Waals surface area (Å²) in [5, 5.41) is 15.2. The fourth-order valence-electron chi connectivity index (χ4n) is 5.10. The molecule has 1 amide bonds. The van der Waals surface area contributed by atoms with Gasteiger partial charge in [-0.05, 0) is 42.7 Å². The third-order valence-corrected chi connectivity index (χ3v) is 6.91. The van der Waals surface area contributed by atoms with Crippen LogP contribution in [0.4, 0.5) is 4.39 Å². The number of halogens is 1. The van der Waals surface area contributed by atoms with E-state index < -0.39 is 23.3 Å². The van der Waals surface area contributed by atoms with Gasteiger partial charge in [-0.3, -0.25) is 4.79 Å². The lowest BCUT2D eigenvalue weighted by Gasteiger charge is -2.24. The summed E-state index contributed by atoms with van der Waals surface area (Å²) in [7, 11) is 0. The lowest BCUT2D eigenvalue weighted by molar-refractivity contribution is -0.147. The van der Waals surface area contributed by atoms with Crippen LogP contribution in [0.25, 0.3) is 10.9 Å². The van der Waals surface area contributed by atoms with E-state index in [2.05, 4.69) is 10.3 Å². The maximum Gasteiger partial charge on any atom is 0.339 e. The molecule has 0 spiro atoms. The number of amides is 1. The van der Waals surface area contributed by atoms with Crippen molar-refractivity contribution in [1.29, 1.82) is 0 Å². The number of hydrogen-bond donors (Lipinski definition) is 3. The number of ether oxygens (including phenoxy) is 1. The molecule has 0 radical (unpaired) electrons. The second-order valence-corrected chi connectivity index (χ2v) is 9.33. The molecule has 0 bridgehead atoms. The van der Waals surface area contributed by atoms with E-state index in [4.69, 9.17) is 4.74 Å². The first-order valence-corrected chi connectivity index (χ1v) is 12.1. The van der Waals surface area contributed by atoms with E-state index in [0.717, 1.165) is 16.5 Å². The van der Waals surface area contributed by atoms with Gasteiger partial charge >= 0.3 is 5.97 Å². The Morgan fingerprint density at radius 2 is 1.76 bits per heavy atom. The molecule has 3 aromatic carbocycles. The number of aliphatic hydroxyl groups excluding tert-OH is 1. The van der Waals surface area contributed by atoms with Crippen molar-refractivity contribution in [3.8, 4) is 0 Å². The third kappa shape index (κ3) is 4.37. The van der Waals surface area contributed by atoms with Crippen molar-refractivity contribution in [2.75, 3.05) is 6.54 Å². The molecule has 1 aliphatic heterocycles. The molecule has 4 aromatic rings. The SMILES string of the molecule is CC(=O)NCCc1c([C@@H](C2=C(O)[C@@](C)(c3ccccc3)OC2=O)c2ccccc2)[nH]c2cc(F)ccc12. The van der Waals surface area contributed by atoms with E-state index in [1.165, 1.54) is 19.1 Å². The van der Waals surface area contributed by atoms with Crippen molar-refractivity contribution in [2.24, 2.45) is 0 Å². The van der Waals surface area contributed by atoms with Gasteiger partial charge < -0.3 is 20.1 Å². The molecule has 3 N–H and O–H groups in total. The lowest BCUT2D eigenvalue weighted by atomic mass is 9.82. The van der Waals surface area contributed by atoms with E-state index in [1.54, 1.807) is 25.1 Å². The van der Waals surface area contributed by atoms with Gasteiger partial charge in [0.2, 0.25) is 5.91 Å². The number of hydrogen-bond acceptors (Lipinski definition) is 4. The molecule has 6 nitrogen and oxygen atoms in total. The molecular formula is C30H27FN2O4. The van der Waals surface area contributed by atoms with Crippen LogP contribution in [0.5, 0.6) is 0 Å². The fourth-order valence-corrected chi connectivity index (χ4v) is 5.10. The van der Waals surface area contributed by atoms with Crippen LogP contribution in [0, 0.1) is 5.82 Å². The van der Waals surface area contributed by atoms with Crippen molar-refractivity contribution in [3.05, 3.63) is 118 Å². The molecule has 5 rings (SSSR count). The van der Waals surface area contributed by atoms with Gasteiger partial charge in [0.25, 0.3) is 0 Å². The summed E-state index contributed by atoms with van der Waals surface area (Å²) in [6.07, 6.45) is 0.433. The topological polar surface area (TPSA) is 91.4 Å². The van der Waals surface area contributed by atoms with Crippen LogP contribution in [-0.2, 0) is 26.3 Å². The zero-order valence-corrected chi connectivity index (χ0v) is 20.5. The summed E-state index contributed by atoms with van der Waals surface area (Å²) in [4.78, 5) is 28.3. The van der Waals surface area contributed by atoms with Crippen LogP contribution in [0.3, 0.4) is 0 Å². The smallest absolute Gasteiger partial charge is 0.339 e. The minimum Gasteiger partial charge on any atom is -0.507 e. The highest BCUT2D eigenvalue weighted by atomic mass is 19.1. The van der Waals surface area contributed by atoms with Crippen molar-refractivity contribution < 1.29 is 23.8 Å². The van der Waals surface area contributed by atoms with Gasteiger partial charge in [-0.1, -0.05) is 60.7 Å². The van der Waals surface area contributed by atoms with E-state index in [9.17, 15) is 19.1 Å². The van der Waals surface area contributed by atoms with Gasteiger partial charge in [0, 0.05) is 35.6 Å². The Labute approximate surface area is 213 Å². The van der Waals surface area contributed by atoms with Crippen LogP contribution in [-0.4, -0.2) is 28.5 Å². The zero-order valence-electron chi connectivity index (χ0n) is 20.5. The van der Waals surface area contributed by atoms with Gasteiger partial charge in [0.15, 0.2) is 11.4 Å². The normalized spacial score (nSPS) is 18.2. The molecule has 2 heterocycles. The zero-order chi connectivity index (χ0) is 26.2. The second-order valence-electron chi connectivity index (χ2n) is 9.33. The van der Waals surface area contributed by atoms with Crippen LogP contribution >= 0.6 is 0 Å². The van der Waals surface area contributed by atoms with Gasteiger partial charge in [0.05, 0.1) is 11.5 Å². The predicted octanol–water partition coefficient (Wildman–Crippen LogP) is 5.40. The molecule has 0 saturated carbocycles. The summed E-state index contributed by atoms with van der Waals surface area (Å²) in [6.45, 7) is 3.47. The number of H-pyrrole nitrogens is 1. The van der Waals surface area contributed by atoms with Gasteiger partial charge in [0.1, 0.15) is 5.82 Å². The average Bonchev–Trinajstić information content (AvgIpc) is 3.35. The highest BCUT2D eigenvalue weighted by molar-refractivity contribution is 5.96. The molecule has 0 fully saturated rings. The molecule has 2 atom stereocenters. The first-order valence-electron chi connectivity index (χ1n) is 12.1. The highest BCUT2D eigenvalue weighted by Gasteiger charge is 2.49. The Morgan fingerprint density at radius 1 is 1.08 bits per heavy atom. The number of nitrogens with one attached hydrogen (secondary N) is 2. The number of benzene rings is 3. The number of rotatable bonds is 7. The van der Waals surface area contributed by atoms with E-state index in [0.29, 0.717) is 29.7 Å². The fraction of sp³-hybridized carbons (Fsp3) is 0.200. The minimum absolute atomic E-state index is 0.116. The number of aliphatic hydroxyl groups is 1. The second kappa shape index (κ2) is 9.58. The maximum atomic E-state index is 14.2. The molecular weight excluding hydrogens is 471 g/mol. The molecule has 188 valence electrons. The van der Waals surface area contributed by atoms with Crippen molar-refractivity contribution >= 4 is 22.8 Å². The molecule has 0 saturated heterocycles. The summed E-state index contributed by atoms with van der Waals surface area (Å²) in [5.74, 6) is -2.08. The molecule has 37 heavy (non-hydrogen) atoms. The van der Waals surface area contributed by atoms with Crippen LogP contribution in [0.2, 0.25) is 0 Å². The number of fused-ring (bicyclic) bond motifs is 1. The standard InChI is InChI=1S/C30H27FN2O4/c1-18(34)32-16-15-23-22-14-13-21(31)17-24(22)33-27(23)25(19-9-5-3-6-10-19)26-28(35)30(2,37-29(26)36)20-11-7-4-8-12-20/h3-14,17,25,33,35H,15-16H2,1-2H3,(H,32,34)/t25-,30-/m1/s1. The average molecular weight is 499 g/mol. The summed E-state index contributed by atoms with van der Waals surface area (Å²) < 4.78 is 20.0. The first-order chi connectivity index (χ1) is 17.8. The molecule has 1 aromatic heterocycles. The Bertz CT molecular complexity index is 1510. The quantitative estimate of drug-likeness (QED) is 0.298. The molecule has 7 heteroatoms. The van der Waals surface area contributed by atoms with Crippen molar-refractivity contribution in [3.63, 3.8) is 0 Å². The third-order valence-electron chi connectivity index (χ3n) is 6.91. The van der Waals surface area contributed by atoms with E-state index in [-0.39, 0.29) is 17.2 Å². The summed E-state index contributed by atoms with van der Waals surface area (Å²) in [6, 6.07) is 22.9. The van der Waals surface area contributed by atoms with Gasteiger partial charge in [-0.2, -0.15) is 0 Å². The van der Waals surface area contributed by atoms with E-state index in [1.807, 2.05) is 48.5 Å². The Morgan fingerprint density at radius 3 is 2.43 bits per heavy atom. The van der Waals surface area contributed by atoms with Crippen molar-refractivity contribution in [1.82, 2.24) is 10.3 Å². The van der Waals surface area contributed by atoms with Crippen molar-refractivity contribution in [2.45, 2.75) is 31.8 Å². The summed E-state index contributed by atoms with van der Waals surface area (Å²) in [5.41, 5.74) is 2.18. The monoisotopic (exact) mass is 498 g/mol. The van der Waals surface area contributed by atoms with Gasteiger partial charge in [-0.15, -0.1) is 0 Å². The lowest BCUT2D eigenvalue weighted by Crippen LogP contribution is -2.25. The predicted molar refractivity (Wildman–Crippen MR) is 138 cm³/mol. The largest absolute Gasteiger partial charge is 0.507 e. The maximum absolute atomic E-state index is 14.2. The van der Waals surface area contributed by atoms with Gasteiger partial charge in [-0.25, -0.2) is 9.18 Å². The molecule has 0 unspecified atom stereocenters. The number of aromatic nitrogens is 1. The Kier molecular flexibility index (Phi) is 6.29. The van der Waals surface area contributed by atoms with E-state index >= 15 is 0 Å².